The summed E-state index contributed by atoms with van der Waals surface area (Å²) in [5, 5.41) is 4.61. The average molecular weight is 350 g/mol. The van der Waals surface area contributed by atoms with Crippen LogP contribution < -0.4 is 16.0 Å². The fourth-order valence-electron chi connectivity index (χ4n) is 5.35. The van der Waals surface area contributed by atoms with Crippen LogP contribution in [-0.2, 0) is 10.2 Å². The molecule has 3 saturated carbocycles. The summed E-state index contributed by atoms with van der Waals surface area (Å²) in [5.74, 6) is -0.134. The highest BCUT2D eigenvalue weighted by Crippen LogP contribution is 2.73. The number of nitrogens with zero attached hydrogens (tertiary/aromatic N) is 2. The van der Waals surface area contributed by atoms with Gasteiger partial charge in [-0.1, -0.05) is 6.07 Å². The third-order valence-corrected chi connectivity index (χ3v) is 7.03. The number of fused-ring (bicyclic) bond motifs is 1. The first-order valence-electron chi connectivity index (χ1n) is 9.66. The number of primary amides is 1. The average Bonchev–Trinajstić information content (AvgIpc) is 2.59. The van der Waals surface area contributed by atoms with Gasteiger partial charge in [0, 0.05) is 35.3 Å². The van der Waals surface area contributed by atoms with E-state index in [9.17, 15) is 4.79 Å². The van der Waals surface area contributed by atoms with Crippen LogP contribution in [0.1, 0.15) is 37.8 Å². The fraction of sp³-hybridized carbons (Fsp3) is 0.524. The minimum Gasteiger partial charge on any atom is -0.371 e. The maximum atomic E-state index is 11.6. The number of benzene rings is 1. The van der Waals surface area contributed by atoms with Gasteiger partial charge in [-0.3, -0.25) is 9.78 Å². The zero-order valence-corrected chi connectivity index (χ0v) is 15.3. The van der Waals surface area contributed by atoms with E-state index in [1.165, 1.54) is 23.9 Å². The first-order valence-corrected chi connectivity index (χ1v) is 9.66. The molecule has 0 spiro atoms. The van der Waals surface area contributed by atoms with Gasteiger partial charge in [-0.25, -0.2) is 0 Å². The number of carbonyl (C=O) groups is 1. The number of amides is 1. The van der Waals surface area contributed by atoms with E-state index in [4.69, 9.17) is 10.7 Å². The number of carbonyl (C=O) groups excluding carboxylic acids is 1. The Kier molecular flexibility index (Phi) is 3.35. The molecule has 5 heteroatoms. The van der Waals surface area contributed by atoms with E-state index in [2.05, 4.69) is 47.6 Å². The summed E-state index contributed by atoms with van der Waals surface area (Å²) in [6, 6.07) is 11.5. The highest BCUT2D eigenvalue weighted by atomic mass is 16.1. The van der Waals surface area contributed by atoms with Crippen molar-refractivity contribution in [2.75, 3.05) is 25.0 Å². The number of aromatic nitrogens is 1. The van der Waals surface area contributed by atoms with Crippen molar-refractivity contribution in [1.82, 2.24) is 10.3 Å². The van der Waals surface area contributed by atoms with Gasteiger partial charge in [0.1, 0.15) is 0 Å². The summed E-state index contributed by atoms with van der Waals surface area (Å²) >= 11 is 0. The van der Waals surface area contributed by atoms with E-state index in [0.717, 1.165) is 43.6 Å². The standard InChI is InChI=1S/C21H26N4O/c1-25(15-6-8-23-9-7-15)16-3-4-17-14(10-16)2-5-18(24-17)20-11-21(12-20,13-20)19(22)26/h2-5,10,15,23H,6-9,11-13H2,1H3,(H2,22,26). The molecule has 0 atom stereocenters. The lowest BCUT2D eigenvalue weighted by Crippen LogP contribution is -2.69. The van der Waals surface area contributed by atoms with Gasteiger partial charge in [-0.15, -0.1) is 0 Å². The first kappa shape index (κ1) is 16.1. The van der Waals surface area contributed by atoms with Crippen molar-refractivity contribution in [3.63, 3.8) is 0 Å². The zero-order chi connectivity index (χ0) is 17.9. The van der Waals surface area contributed by atoms with E-state index in [0.29, 0.717) is 6.04 Å². The molecule has 4 aliphatic rings. The monoisotopic (exact) mass is 350 g/mol. The molecule has 1 aliphatic heterocycles. The van der Waals surface area contributed by atoms with Gasteiger partial charge in [-0.2, -0.15) is 0 Å². The topological polar surface area (TPSA) is 71.2 Å². The second kappa shape index (κ2) is 5.43. The summed E-state index contributed by atoms with van der Waals surface area (Å²) in [6.07, 6.45) is 5.02. The van der Waals surface area contributed by atoms with Crippen LogP contribution in [0, 0.1) is 5.41 Å². The largest absolute Gasteiger partial charge is 0.371 e. The van der Waals surface area contributed by atoms with Crippen LogP contribution in [0.3, 0.4) is 0 Å². The summed E-state index contributed by atoms with van der Waals surface area (Å²) in [7, 11) is 2.20. The summed E-state index contributed by atoms with van der Waals surface area (Å²) < 4.78 is 0. The highest BCUT2D eigenvalue weighted by Gasteiger charge is 2.72. The Labute approximate surface area is 154 Å². The van der Waals surface area contributed by atoms with Gasteiger partial charge in [0.15, 0.2) is 0 Å². The molecule has 2 bridgehead atoms. The van der Waals surface area contributed by atoms with E-state index < -0.39 is 0 Å². The van der Waals surface area contributed by atoms with Crippen LogP contribution in [-0.4, -0.2) is 37.1 Å². The van der Waals surface area contributed by atoms with Gasteiger partial charge in [0.05, 0.1) is 10.9 Å². The van der Waals surface area contributed by atoms with E-state index >= 15 is 0 Å². The SMILES string of the molecule is CN(c1ccc2nc(C34CC(C(N)=O)(C3)C4)ccc2c1)C1CCNCC1. The maximum absolute atomic E-state index is 11.6. The summed E-state index contributed by atoms with van der Waals surface area (Å²) in [4.78, 5) is 18.9. The molecule has 6 rings (SSSR count). The molecule has 1 aromatic heterocycles. The first-order chi connectivity index (χ1) is 12.5. The Morgan fingerprint density at radius 1 is 1.19 bits per heavy atom. The van der Waals surface area contributed by atoms with Crippen molar-refractivity contribution >= 4 is 22.5 Å². The molecule has 1 amide bonds. The molecule has 5 nitrogen and oxygen atoms in total. The second-order valence-electron chi connectivity index (χ2n) is 8.62. The molecule has 4 fully saturated rings. The van der Waals surface area contributed by atoms with Crippen LogP contribution in [0.2, 0.25) is 0 Å². The van der Waals surface area contributed by atoms with Crippen LogP contribution >= 0.6 is 0 Å². The Balaban J connectivity index is 1.39. The van der Waals surface area contributed by atoms with Crippen LogP contribution in [0.4, 0.5) is 5.69 Å². The van der Waals surface area contributed by atoms with Crippen molar-refractivity contribution in [2.45, 2.75) is 43.6 Å². The van der Waals surface area contributed by atoms with Gasteiger partial charge >= 0.3 is 0 Å². The number of nitrogens with two attached hydrogens (primary N) is 1. The summed E-state index contributed by atoms with van der Waals surface area (Å²) in [5.41, 5.74) is 8.85. The van der Waals surface area contributed by atoms with Gasteiger partial charge in [0.2, 0.25) is 5.91 Å². The van der Waals surface area contributed by atoms with Crippen LogP contribution in [0.25, 0.3) is 10.9 Å². The summed E-state index contributed by atoms with van der Waals surface area (Å²) in [6.45, 7) is 2.20. The Morgan fingerprint density at radius 3 is 2.62 bits per heavy atom. The molecule has 2 aromatic rings. The Bertz CT molecular complexity index is 867. The van der Waals surface area contributed by atoms with Gasteiger partial charge in [-0.05, 0) is 69.5 Å². The van der Waals surface area contributed by atoms with Crippen molar-refractivity contribution in [3.8, 4) is 0 Å². The lowest BCUT2D eigenvalue weighted by Gasteiger charge is -2.68. The predicted octanol–water partition coefficient (Wildman–Crippen LogP) is 2.33. The van der Waals surface area contributed by atoms with Gasteiger partial charge in [0.25, 0.3) is 0 Å². The normalized spacial score (nSPS) is 30.5. The number of rotatable bonds is 4. The minimum atomic E-state index is -0.224. The van der Waals surface area contributed by atoms with E-state index in [1.54, 1.807) is 0 Å². The Morgan fingerprint density at radius 2 is 1.92 bits per heavy atom. The lowest BCUT2D eigenvalue weighted by atomic mass is 9.34. The highest BCUT2D eigenvalue weighted by molar-refractivity contribution is 5.87. The molecule has 26 heavy (non-hydrogen) atoms. The minimum absolute atomic E-state index is 0.105. The Hall–Kier alpha value is -2.14. The fourth-order valence-corrected chi connectivity index (χ4v) is 5.35. The molecule has 0 unspecified atom stereocenters. The predicted molar refractivity (Wildman–Crippen MR) is 103 cm³/mol. The second-order valence-corrected chi connectivity index (χ2v) is 8.62. The number of pyridine rings is 1. The van der Waals surface area contributed by atoms with Crippen LogP contribution in [0.15, 0.2) is 30.3 Å². The van der Waals surface area contributed by atoms with Crippen LogP contribution in [0.5, 0.6) is 0 Å². The number of anilines is 1. The van der Waals surface area contributed by atoms with E-state index in [-0.39, 0.29) is 16.7 Å². The van der Waals surface area contributed by atoms with Crippen molar-refractivity contribution < 1.29 is 4.79 Å². The number of piperidine rings is 1. The molecule has 3 N–H and O–H groups in total. The molecule has 1 saturated heterocycles. The number of hydrogen-bond acceptors (Lipinski definition) is 4. The van der Waals surface area contributed by atoms with E-state index in [1.807, 2.05) is 0 Å². The molecule has 1 aromatic carbocycles. The molecule has 0 radical (unpaired) electrons. The molecular formula is C21H26N4O. The number of hydrogen-bond donors (Lipinski definition) is 2. The smallest absolute Gasteiger partial charge is 0.223 e. The molecular weight excluding hydrogens is 324 g/mol. The lowest BCUT2D eigenvalue weighted by molar-refractivity contribution is -0.173. The third kappa shape index (κ3) is 2.19. The molecule has 3 aliphatic carbocycles. The third-order valence-electron chi connectivity index (χ3n) is 7.03. The number of nitrogens with one attached hydrogen (secondary N) is 1. The van der Waals surface area contributed by atoms with Crippen molar-refractivity contribution in [2.24, 2.45) is 11.1 Å². The maximum Gasteiger partial charge on any atom is 0.223 e. The molecule has 136 valence electrons. The molecule has 2 heterocycles. The van der Waals surface area contributed by atoms with Crippen molar-refractivity contribution in [3.05, 3.63) is 36.0 Å². The van der Waals surface area contributed by atoms with Crippen molar-refractivity contribution in [1.29, 1.82) is 0 Å². The quantitative estimate of drug-likeness (QED) is 0.888. The van der Waals surface area contributed by atoms with Gasteiger partial charge < -0.3 is 16.0 Å². The zero-order valence-electron chi connectivity index (χ0n) is 15.3.